The van der Waals surface area contributed by atoms with E-state index in [1.807, 2.05) is 11.4 Å². The van der Waals surface area contributed by atoms with Crippen molar-refractivity contribution in [3.05, 3.63) is 56.7 Å². The van der Waals surface area contributed by atoms with Crippen LogP contribution in [0.1, 0.15) is 29.2 Å². The number of benzene rings is 1. The molecule has 1 saturated heterocycles. The van der Waals surface area contributed by atoms with E-state index in [4.69, 9.17) is 11.6 Å². The second-order valence-electron chi connectivity index (χ2n) is 6.18. The van der Waals surface area contributed by atoms with E-state index in [0.29, 0.717) is 24.4 Å². The summed E-state index contributed by atoms with van der Waals surface area (Å²) in [6.07, 6.45) is 1.77. The van der Waals surface area contributed by atoms with E-state index in [2.05, 4.69) is 10.6 Å². The third-order valence-electron chi connectivity index (χ3n) is 4.42. The first kappa shape index (κ1) is 21.1. The molecular formula is C18H20Cl2F2N2OS. The number of aryl methyl sites for hydroxylation is 1. The predicted octanol–water partition coefficient (Wildman–Crippen LogP) is 4.30. The van der Waals surface area contributed by atoms with Crippen LogP contribution in [0.2, 0.25) is 5.02 Å². The summed E-state index contributed by atoms with van der Waals surface area (Å²) in [6.45, 7) is 1.39. The molecule has 0 radical (unpaired) electrons. The Morgan fingerprint density at radius 3 is 2.81 bits per heavy atom. The van der Waals surface area contributed by atoms with Crippen molar-refractivity contribution in [1.82, 2.24) is 10.6 Å². The average Bonchev–Trinajstić information content (AvgIpc) is 3.02. The molecule has 142 valence electrons. The molecule has 26 heavy (non-hydrogen) atoms. The number of rotatable bonds is 5. The highest BCUT2D eigenvalue weighted by Gasteiger charge is 2.28. The molecule has 1 aliphatic heterocycles. The number of amides is 1. The highest BCUT2D eigenvalue weighted by molar-refractivity contribution is 7.10. The van der Waals surface area contributed by atoms with Crippen molar-refractivity contribution in [1.29, 1.82) is 0 Å². The lowest BCUT2D eigenvalue weighted by Crippen LogP contribution is -2.50. The van der Waals surface area contributed by atoms with E-state index >= 15 is 0 Å². The van der Waals surface area contributed by atoms with Gasteiger partial charge in [0.05, 0.1) is 5.02 Å². The molecule has 3 rings (SSSR count). The first-order chi connectivity index (χ1) is 12.0. The molecule has 1 amide bonds. The second-order valence-corrected chi connectivity index (χ2v) is 7.61. The number of nitrogens with one attached hydrogen (secondary N) is 2. The quantitative estimate of drug-likeness (QED) is 0.756. The summed E-state index contributed by atoms with van der Waals surface area (Å²) in [5, 5.41) is 8.81. The number of hydrogen-bond donors (Lipinski definition) is 2. The number of piperidine rings is 1. The van der Waals surface area contributed by atoms with Crippen LogP contribution in [-0.4, -0.2) is 25.0 Å². The normalized spacial score (nSPS) is 19.7. The molecule has 0 aliphatic carbocycles. The van der Waals surface area contributed by atoms with E-state index in [-0.39, 0.29) is 30.3 Å². The molecule has 1 aromatic heterocycles. The molecule has 0 spiro atoms. The van der Waals surface area contributed by atoms with Crippen LogP contribution in [0, 0.1) is 11.6 Å². The van der Waals surface area contributed by atoms with Gasteiger partial charge in [-0.3, -0.25) is 4.79 Å². The van der Waals surface area contributed by atoms with Gasteiger partial charge < -0.3 is 10.6 Å². The summed E-state index contributed by atoms with van der Waals surface area (Å²) < 4.78 is 26.7. The maximum atomic E-state index is 13.5. The number of thiophene rings is 1. The van der Waals surface area contributed by atoms with E-state index in [1.54, 1.807) is 6.07 Å². The zero-order chi connectivity index (χ0) is 17.8. The molecule has 8 heteroatoms. The van der Waals surface area contributed by atoms with E-state index in [0.717, 1.165) is 29.5 Å². The first-order valence-corrected chi connectivity index (χ1v) is 9.46. The zero-order valence-electron chi connectivity index (χ0n) is 13.9. The maximum absolute atomic E-state index is 13.5. The van der Waals surface area contributed by atoms with Gasteiger partial charge in [0, 0.05) is 35.2 Å². The van der Waals surface area contributed by atoms with Crippen LogP contribution in [0.5, 0.6) is 0 Å². The minimum Gasteiger partial charge on any atom is -0.351 e. The van der Waals surface area contributed by atoms with Gasteiger partial charge in [-0.25, -0.2) is 8.78 Å². The Balaban J connectivity index is 0.00000243. The van der Waals surface area contributed by atoms with Crippen LogP contribution in [-0.2, 0) is 11.2 Å². The molecule has 1 fully saturated rings. The minimum atomic E-state index is -0.854. The molecule has 2 atom stereocenters. The van der Waals surface area contributed by atoms with Gasteiger partial charge in [-0.1, -0.05) is 17.7 Å². The standard InChI is InChI=1S/C18H19ClF2N2OS.ClH/c19-12-8-13(25-10-12)2-4-18(24)23-17-9-22-6-5-14(17)11-1-3-15(20)16(21)7-11;/h1,3,7-8,10,14,17,22H,2,4-6,9H2,(H,23,24);1H. The summed E-state index contributed by atoms with van der Waals surface area (Å²) in [5.74, 6) is -1.79. The molecule has 1 aliphatic rings. The number of hydrogen-bond acceptors (Lipinski definition) is 3. The molecular weight excluding hydrogens is 401 g/mol. The topological polar surface area (TPSA) is 41.1 Å². The fourth-order valence-corrected chi connectivity index (χ4v) is 4.23. The third kappa shape index (κ3) is 5.39. The van der Waals surface area contributed by atoms with Crippen LogP contribution < -0.4 is 10.6 Å². The number of carbonyl (C=O) groups is 1. The average molecular weight is 421 g/mol. The van der Waals surface area contributed by atoms with Crippen molar-refractivity contribution in [2.45, 2.75) is 31.2 Å². The second kappa shape index (κ2) is 9.65. The van der Waals surface area contributed by atoms with Gasteiger partial charge in [0.1, 0.15) is 0 Å². The van der Waals surface area contributed by atoms with E-state index in [9.17, 15) is 13.6 Å². The fraction of sp³-hybridized carbons (Fsp3) is 0.389. The summed E-state index contributed by atoms with van der Waals surface area (Å²) >= 11 is 7.42. The Hall–Kier alpha value is -1.21. The zero-order valence-corrected chi connectivity index (χ0v) is 16.3. The van der Waals surface area contributed by atoms with Gasteiger partial charge in [-0.05, 0) is 43.1 Å². The summed E-state index contributed by atoms with van der Waals surface area (Å²) in [4.78, 5) is 13.4. The van der Waals surface area contributed by atoms with Gasteiger partial charge in [0.15, 0.2) is 11.6 Å². The van der Waals surface area contributed by atoms with Gasteiger partial charge in [-0.15, -0.1) is 23.7 Å². The SMILES string of the molecule is Cl.O=C(CCc1cc(Cl)cs1)NC1CNCCC1c1ccc(F)c(F)c1. The molecule has 3 nitrogen and oxygen atoms in total. The molecule has 2 unspecified atom stereocenters. The maximum Gasteiger partial charge on any atom is 0.220 e. The highest BCUT2D eigenvalue weighted by Crippen LogP contribution is 2.27. The molecule has 2 N–H and O–H groups in total. The molecule has 2 aromatic rings. The Morgan fingerprint density at radius 1 is 1.31 bits per heavy atom. The lowest BCUT2D eigenvalue weighted by molar-refractivity contribution is -0.122. The summed E-state index contributed by atoms with van der Waals surface area (Å²) in [5.41, 5.74) is 0.718. The largest absolute Gasteiger partial charge is 0.351 e. The Labute approximate surface area is 166 Å². The fourth-order valence-electron chi connectivity index (χ4n) is 3.15. The van der Waals surface area contributed by atoms with Gasteiger partial charge in [0.25, 0.3) is 0 Å². The van der Waals surface area contributed by atoms with Crippen molar-refractivity contribution < 1.29 is 13.6 Å². The molecule has 1 aromatic carbocycles. The number of halogens is 4. The Bertz CT molecular complexity index is 757. The van der Waals surface area contributed by atoms with Crippen molar-refractivity contribution >= 4 is 41.3 Å². The minimum absolute atomic E-state index is 0. The van der Waals surface area contributed by atoms with Crippen molar-refractivity contribution in [3.63, 3.8) is 0 Å². The van der Waals surface area contributed by atoms with Crippen LogP contribution >= 0.6 is 35.3 Å². The lowest BCUT2D eigenvalue weighted by Gasteiger charge is -2.33. The third-order valence-corrected chi connectivity index (χ3v) is 5.76. The smallest absolute Gasteiger partial charge is 0.220 e. The first-order valence-electron chi connectivity index (χ1n) is 8.21. The monoisotopic (exact) mass is 420 g/mol. The van der Waals surface area contributed by atoms with Gasteiger partial charge >= 0.3 is 0 Å². The lowest BCUT2D eigenvalue weighted by atomic mass is 9.86. The molecule has 2 heterocycles. The van der Waals surface area contributed by atoms with Crippen molar-refractivity contribution in [3.8, 4) is 0 Å². The van der Waals surface area contributed by atoms with E-state index < -0.39 is 11.6 Å². The molecule has 0 saturated carbocycles. The van der Waals surface area contributed by atoms with Crippen LogP contribution in [0.3, 0.4) is 0 Å². The van der Waals surface area contributed by atoms with Crippen LogP contribution in [0.15, 0.2) is 29.6 Å². The van der Waals surface area contributed by atoms with Crippen molar-refractivity contribution in [2.75, 3.05) is 13.1 Å². The summed E-state index contributed by atoms with van der Waals surface area (Å²) in [6, 6.07) is 5.70. The predicted molar refractivity (Wildman–Crippen MR) is 103 cm³/mol. The highest BCUT2D eigenvalue weighted by atomic mass is 35.5. The number of carbonyl (C=O) groups excluding carboxylic acids is 1. The van der Waals surface area contributed by atoms with Crippen LogP contribution in [0.4, 0.5) is 8.78 Å². The van der Waals surface area contributed by atoms with E-state index in [1.165, 1.54) is 17.4 Å². The van der Waals surface area contributed by atoms with Gasteiger partial charge in [0.2, 0.25) is 5.91 Å². The van der Waals surface area contributed by atoms with Crippen molar-refractivity contribution in [2.24, 2.45) is 0 Å². The summed E-state index contributed by atoms with van der Waals surface area (Å²) in [7, 11) is 0. The van der Waals surface area contributed by atoms with Crippen LogP contribution in [0.25, 0.3) is 0 Å². The Morgan fingerprint density at radius 2 is 2.12 bits per heavy atom. The Kier molecular flexibility index (Phi) is 7.83. The van der Waals surface area contributed by atoms with Gasteiger partial charge in [-0.2, -0.15) is 0 Å². The molecule has 0 bridgehead atoms.